The van der Waals surface area contributed by atoms with Crippen LogP contribution in [0.5, 0.6) is 11.5 Å². The first-order valence-electron chi connectivity index (χ1n) is 9.30. The topological polar surface area (TPSA) is 54.8 Å². The molecule has 0 bridgehead atoms. The zero-order valence-electron chi connectivity index (χ0n) is 16.0. The van der Waals surface area contributed by atoms with Crippen molar-refractivity contribution in [1.82, 2.24) is 9.88 Å². The van der Waals surface area contributed by atoms with Gasteiger partial charge in [0.25, 0.3) is 0 Å². The van der Waals surface area contributed by atoms with Crippen molar-refractivity contribution in [3.8, 4) is 22.8 Å². The number of halogens is 1. The number of nitrogens with zero attached hydrogens (tertiary/aromatic N) is 2. The van der Waals surface area contributed by atoms with Crippen molar-refractivity contribution >= 4 is 22.5 Å². The number of likely N-dealkylation sites (tertiary alicyclic amines) is 1. The van der Waals surface area contributed by atoms with Crippen LogP contribution < -0.4 is 9.47 Å². The summed E-state index contributed by atoms with van der Waals surface area (Å²) in [5, 5.41) is 11.5. The van der Waals surface area contributed by atoms with E-state index in [2.05, 4.69) is 11.0 Å². The van der Waals surface area contributed by atoms with Gasteiger partial charge in [0.15, 0.2) is 0 Å². The van der Waals surface area contributed by atoms with Gasteiger partial charge in [-0.2, -0.15) is 0 Å². The Balaban J connectivity index is 1.91. The summed E-state index contributed by atoms with van der Waals surface area (Å²) in [4.78, 5) is 7.22. The maximum atomic E-state index is 9.91. The Labute approximate surface area is 169 Å². The number of hydrogen-bond donors (Lipinski definition) is 1. The fourth-order valence-corrected chi connectivity index (χ4v) is 3.99. The van der Waals surface area contributed by atoms with Crippen LogP contribution in [0, 0.1) is 0 Å². The minimum Gasteiger partial charge on any atom is -0.496 e. The van der Waals surface area contributed by atoms with Gasteiger partial charge < -0.3 is 14.6 Å². The van der Waals surface area contributed by atoms with E-state index in [-0.39, 0.29) is 6.10 Å². The maximum Gasteiger partial charge on any atom is 0.145 e. The fourth-order valence-electron chi connectivity index (χ4n) is 3.80. The van der Waals surface area contributed by atoms with Crippen molar-refractivity contribution < 1.29 is 14.6 Å². The molecule has 0 saturated carbocycles. The van der Waals surface area contributed by atoms with Crippen molar-refractivity contribution in [2.24, 2.45) is 0 Å². The summed E-state index contributed by atoms with van der Waals surface area (Å²) in [7, 11) is 3.30. The Bertz CT molecular complexity index is 1010. The third kappa shape index (κ3) is 3.65. The quantitative estimate of drug-likeness (QED) is 0.700. The number of pyridine rings is 1. The lowest BCUT2D eigenvalue weighted by Gasteiger charge is -2.19. The van der Waals surface area contributed by atoms with E-state index in [9.17, 15) is 5.11 Å². The summed E-state index contributed by atoms with van der Waals surface area (Å²) in [5.41, 5.74) is 3.63. The Kier molecular flexibility index (Phi) is 5.40. The second-order valence-electron chi connectivity index (χ2n) is 7.05. The van der Waals surface area contributed by atoms with E-state index in [4.69, 9.17) is 26.1 Å². The summed E-state index contributed by atoms with van der Waals surface area (Å²) in [5.74, 6) is 1.45. The summed E-state index contributed by atoms with van der Waals surface area (Å²) in [6.07, 6.45) is 0.530. The molecule has 1 N–H and O–H groups in total. The van der Waals surface area contributed by atoms with Crippen molar-refractivity contribution in [1.29, 1.82) is 0 Å². The summed E-state index contributed by atoms with van der Waals surface area (Å²) in [6.45, 7) is 2.23. The first-order chi connectivity index (χ1) is 13.6. The van der Waals surface area contributed by atoms with Crippen molar-refractivity contribution in [3.63, 3.8) is 0 Å². The second-order valence-corrected chi connectivity index (χ2v) is 7.49. The lowest BCUT2D eigenvalue weighted by molar-refractivity contribution is 0.175. The second kappa shape index (κ2) is 7.95. The van der Waals surface area contributed by atoms with Crippen molar-refractivity contribution in [2.75, 3.05) is 27.3 Å². The minimum atomic E-state index is -0.266. The Hall–Kier alpha value is -2.34. The molecule has 2 heterocycles. The Morgan fingerprint density at radius 1 is 1.14 bits per heavy atom. The van der Waals surface area contributed by atoms with Crippen molar-refractivity contribution in [3.05, 3.63) is 53.1 Å². The van der Waals surface area contributed by atoms with Crippen LogP contribution in [0.3, 0.4) is 0 Å². The van der Waals surface area contributed by atoms with Crippen LogP contribution in [0.25, 0.3) is 22.2 Å². The Morgan fingerprint density at radius 3 is 2.61 bits per heavy atom. The Morgan fingerprint density at radius 2 is 1.93 bits per heavy atom. The van der Waals surface area contributed by atoms with Gasteiger partial charge in [0.2, 0.25) is 0 Å². The van der Waals surface area contributed by atoms with Gasteiger partial charge >= 0.3 is 0 Å². The molecule has 6 heteroatoms. The van der Waals surface area contributed by atoms with E-state index in [1.165, 1.54) is 0 Å². The van der Waals surface area contributed by atoms with Gasteiger partial charge in [-0.3, -0.25) is 4.90 Å². The summed E-state index contributed by atoms with van der Waals surface area (Å²) >= 11 is 6.25. The highest BCUT2D eigenvalue weighted by Gasteiger charge is 2.23. The number of methoxy groups -OCH3 is 2. The molecule has 28 heavy (non-hydrogen) atoms. The highest BCUT2D eigenvalue weighted by Crippen LogP contribution is 2.36. The molecule has 1 aliphatic heterocycles. The van der Waals surface area contributed by atoms with Crippen LogP contribution in [-0.4, -0.2) is 48.4 Å². The molecule has 0 spiro atoms. The van der Waals surface area contributed by atoms with Crippen LogP contribution >= 0.6 is 11.6 Å². The molecule has 1 aromatic heterocycles. The predicted molar refractivity (Wildman–Crippen MR) is 111 cm³/mol. The average molecular weight is 399 g/mol. The first-order valence-corrected chi connectivity index (χ1v) is 9.68. The molecule has 2 aromatic carbocycles. The smallest absolute Gasteiger partial charge is 0.145 e. The van der Waals surface area contributed by atoms with Gasteiger partial charge in [-0.15, -0.1) is 0 Å². The van der Waals surface area contributed by atoms with Crippen LogP contribution in [0.4, 0.5) is 0 Å². The van der Waals surface area contributed by atoms with Gasteiger partial charge in [0.1, 0.15) is 17.0 Å². The lowest BCUT2D eigenvalue weighted by Crippen LogP contribution is -2.22. The summed E-state index contributed by atoms with van der Waals surface area (Å²) in [6, 6.07) is 13.6. The molecular weight excluding hydrogens is 376 g/mol. The average Bonchev–Trinajstić information content (AvgIpc) is 3.11. The maximum absolute atomic E-state index is 9.91. The van der Waals surface area contributed by atoms with E-state index >= 15 is 0 Å². The summed E-state index contributed by atoms with van der Waals surface area (Å²) < 4.78 is 11.1. The molecule has 1 atom stereocenters. The zero-order valence-corrected chi connectivity index (χ0v) is 16.7. The lowest BCUT2D eigenvalue weighted by atomic mass is 10.0. The molecule has 0 aliphatic carbocycles. The molecule has 1 aliphatic rings. The molecule has 1 fully saturated rings. The molecule has 4 rings (SSSR count). The van der Waals surface area contributed by atoms with Crippen LogP contribution in [0.1, 0.15) is 12.0 Å². The zero-order chi connectivity index (χ0) is 19.7. The van der Waals surface area contributed by atoms with Gasteiger partial charge in [-0.05, 0) is 42.3 Å². The SMILES string of the molecule is COc1ccc(OC)c2nc(-c3cccc(Cl)c3)c(CN3CC[C@@H](O)C3)cc12. The number of hydrogen-bond acceptors (Lipinski definition) is 5. The molecule has 1 saturated heterocycles. The molecule has 0 amide bonds. The van der Waals surface area contributed by atoms with Crippen LogP contribution in [0.2, 0.25) is 5.02 Å². The van der Waals surface area contributed by atoms with E-state index < -0.39 is 0 Å². The van der Waals surface area contributed by atoms with Gasteiger partial charge in [0.05, 0.1) is 26.0 Å². The largest absolute Gasteiger partial charge is 0.496 e. The fraction of sp³-hybridized carbons (Fsp3) is 0.318. The highest BCUT2D eigenvalue weighted by molar-refractivity contribution is 6.30. The van der Waals surface area contributed by atoms with Gasteiger partial charge in [-0.25, -0.2) is 4.98 Å². The number of β-amino-alcohol motifs (C(OH)–C–C–N with tert-alkyl or cyclic N) is 1. The number of rotatable bonds is 5. The van der Waals surface area contributed by atoms with E-state index in [0.29, 0.717) is 23.9 Å². The van der Waals surface area contributed by atoms with Gasteiger partial charge in [-0.1, -0.05) is 23.7 Å². The minimum absolute atomic E-state index is 0.266. The van der Waals surface area contributed by atoms with E-state index in [0.717, 1.165) is 46.4 Å². The molecular formula is C22H23ClN2O3. The standard InChI is InChI=1S/C22H23ClN2O3/c1-27-19-6-7-20(28-2)22-18(19)11-15(12-25-9-8-17(26)13-25)21(24-22)14-4-3-5-16(23)10-14/h3-7,10-11,17,26H,8-9,12-13H2,1-2H3/t17-/m1/s1. The van der Waals surface area contributed by atoms with Crippen LogP contribution in [0.15, 0.2) is 42.5 Å². The van der Waals surface area contributed by atoms with E-state index in [1.807, 2.05) is 36.4 Å². The molecule has 146 valence electrons. The molecule has 0 radical (unpaired) electrons. The number of ether oxygens (including phenoxy) is 2. The van der Waals surface area contributed by atoms with E-state index in [1.54, 1.807) is 14.2 Å². The number of fused-ring (bicyclic) bond motifs is 1. The van der Waals surface area contributed by atoms with Crippen molar-refractivity contribution in [2.45, 2.75) is 19.1 Å². The number of aliphatic hydroxyl groups excluding tert-OH is 1. The molecule has 5 nitrogen and oxygen atoms in total. The monoisotopic (exact) mass is 398 g/mol. The highest BCUT2D eigenvalue weighted by atomic mass is 35.5. The molecule has 3 aromatic rings. The molecule has 0 unspecified atom stereocenters. The van der Waals surface area contributed by atoms with Gasteiger partial charge in [0, 0.05) is 35.6 Å². The normalized spacial score (nSPS) is 17.2. The predicted octanol–water partition coefficient (Wildman–Crippen LogP) is 4.14. The third-order valence-electron chi connectivity index (χ3n) is 5.17. The number of benzene rings is 2. The van der Waals surface area contributed by atoms with Crippen LogP contribution in [-0.2, 0) is 6.54 Å². The first kappa shape index (κ1) is 19.0. The number of aromatic nitrogens is 1. The number of aliphatic hydroxyl groups is 1. The third-order valence-corrected chi connectivity index (χ3v) is 5.40.